The Bertz CT molecular complexity index is 244. The molecule has 4 heteroatoms. The standard InChI is InChI=1S/C10H19N3O/c1-5-13-7-8(2)10(11)6-9(3)14-12-4/h6-7,11-13H,5H2,1-4H3/b8-7+,9-6+,11-10?. The highest BCUT2D eigenvalue weighted by molar-refractivity contribution is 6.05. The summed E-state index contributed by atoms with van der Waals surface area (Å²) in [5.41, 5.74) is 3.88. The third-order valence-corrected chi connectivity index (χ3v) is 1.56. The number of hydrogen-bond acceptors (Lipinski definition) is 4. The van der Waals surface area contributed by atoms with E-state index in [0.717, 1.165) is 12.1 Å². The van der Waals surface area contributed by atoms with Crippen molar-refractivity contribution >= 4 is 5.71 Å². The van der Waals surface area contributed by atoms with Gasteiger partial charge < -0.3 is 15.6 Å². The summed E-state index contributed by atoms with van der Waals surface area (Å²) in [4.78, 5) is 4.99. The molecule has 0 aliphatic heterocycles. The molecule has 14 heavy (non-hydrogen) atoms. The quantitative estimate of drug-likeness (QED) is 0.344. The average molecular weight is 197 g/mol. The molecular weight excluding hydrogens is 178 g/mol. The second-order valence-electron chi connectivity index (χ2n) is 2.86. The zero-order valence-corrected chi connectivity index (χ0v) is 9.27. The molecule has 0 aliphatic rings. The molecule has 0 fully saturated rings. The lowest BCUT2D eigenvalue weighted by Crippen LogP contribution is -2.09. The van der Waals surface area contributed by atoms with E-state index in [0.29, 0.717) is 11.5 Å². The van der Waals surface area contributed by atoms with Gasteiger partial charge in [0.15, 0.2) is 0 Å². The van der Waals surface area contributed by atoms with Gasteiger partial charge in [0.1, 0.15) is 5.76 Å². The molecule has 4 nitrogen and oxygen atoms in total. The molecule has 0 atom stereocenters. The Morgan fingerprint density at radius 1 is 1.43 bits per heavy atom. The van der Waals surface area contributed by atoms with Crippen molar-refractivity contribution in [1.82, 2.24) is 10.8 Å². The van der Waals surface area contributed by atoms with Gasteiger partial charge >= 0.3 is 0 Å². The van der Waals surface area contributed by atoms with Crippen LogP contribution in [-0.4, -0.2) is 19.3 Å². The summed E-state index contributed by atoms with van der Waals surface area (Å²) < 4.78 is 0. The maximum absolute atomic E-state index is 7.69. The summed E-state index contributed by atoms with van der Waals surface area (Å²) in [6, 6.07) is 0. The van der Waals surface area contributed by atoms with Crippen molar-refractivity contribution in [3.8, 4) is 0 Å². The van der Waals surface area contributed by atoms with Crippen LogP contribution >= 0.6 is 0 Å². The zero-order chi connectivity index (χ0) is 11.0. The molecule has 0 saturated heterocycles. The summed E-state index contributed by atoms with van der Waals surface area (Å²) in [5.74, 6) is 0.668. The predicted octanol–water partition coefficient (Wildman–Crippen LogP) is 1.57. The zero-order valence-electron chi connectivity index (χ0n) is 9.27. The van der Waals surface area contributed by atoms with Gasteiger partial charge in [-0.15, -0.1) is 0 Å². The Kier molecular flexibility index (Phi) is 6.49. The first-order chi connectivity index (χ1) is 6.61. The second-order valence-corrected chi connectivity index (χ2v) is 2.86. The van der Waals surface area contributed by atoms with E-state index in [1.165, 1.54) is 0 Å². The predicted molar refractivity (Wildman–Crippen MR) is 59.1 cm³/mol. The minimum atomic E-state index is 0.443. The van der Waals surface area contributed by atoms with Gasteiger partial charge in [0.05, 0.1) is 5.71 Å². The van der Waals surface area contributed by atoms with Gasteiger partial charge in [-0.05, 0) is 26.3 Å². The Labute approximate surface area is 85.5 Å². The van der Waals surface area contributed by atoms with Crippen LogP contribution in [0.5, 0.6) is 0 Å². The van der Waals surface area contributed by atoms with Crippen LogP contribution in [0.2, 0.25) is 0 Å². The molecular formula is C10H19N3O. The molecule has 3 N–H and O–H groups in total. The van der Waals surface area contributed by atoms with E-state index in [1.807, 2.05) is 20.0 Å². The fourth-order valence-electron chi connectivity index (χ4n) is 0.840. The number of hydroxylamine groups is 1. The fraction of sp³-hybridized carbons (Fsp3) is 0.500. The molecule has 0 unspecified atom stereocenters. The van der Waals surface area contributed by atoms with Crippen LogP contribution in [0, 0.1) is 5.41 Å². The van der Waals surface area contributed by atoms with E-state index in [2.05, 4.69) is 10.8 Å². The van der Waals surface area contributed by atoms with Gasteiger partial charge in [0.2, 0.25) is 0 Å². The molecule has 0 bridgehead atoms. The van der Waals surface area contributed by atoms with Crippen LogP contribution in [0.1, 0.15) is 20.8 Å². The van der Waals surface area contributed by atoms with E-state index in [-0.39, 0.29) is 0 Å². The van der Waals surface area contributed by atoms with Crippen molar-refractivity contribution in [3.05, 3.63) is 23.6 Å². The molecule has 0 aromatic rings. The third kappa shape index (κ3) is 5.37. The Hall–Kier alpha value is -1.29. The molecule has 0 aromatic carbocycles. The molecule has 0 aromatic heterocycles. The van der Waals surface area contributed by atoms with Gasteiger partial charge in [-0.1, -0.05) is 0 Å². The molecule has 0 aliphatic carbocycles. The molecule has 0 saturated carbocycles. The van der Waals surface area contributed by atoms with Crippen LogP contribution in [-0.2, 0) is 4.84 Å². The number of allylic oxidation sites excluding steroid dienone is 3. The SMILES string of the molecule is CCN/C=C(\C)C(=N)/C=C(\C)ONC. The minimum absolute atomic E-state index is 0.443. The third-order valence-electron chi connectivity index (χ3n) is 1.56. The van der Waals surface area contributed by atoms with Crippen molar-refractivity contribution < 1.29 is 4.84 Å². The van der Waals surface area contributed by atoms with Crippen molar-refractivity contribution in [1.29, 1.82) is 5.41 Å². The van der Waals surface area contributed by atoms with E-state index < -0.39 is 0 Å². The summed E-state index contributed by atoms with van der Waals surface area (Å²) in [6.45, 7) is 6.55. The number of nitrogens with one attached hydrogen (secondary N) is 3. The number of hydrogen-bond donors (Lipinski definition) is 3. The van der Waals surface area contributed by atoms with Gasteiger partial charge in [-0.2, -0.15) is 5.48 Å². The van der Waals surface area contributed by atoms with Crippen LogP contribution < -0.4 is 10.8 Å². The minimum Gasteiger partial charge on any atom is -0.414 e. The molecule has 0 rings (SSSR count). The highest BCUT2D eigenvalue weighted by atomic mass is 16.6. The first-order valence-corrected chi connectivity index (χ1v) is 4.62. The Balaban J connectivity index is 4.25. The Morgan fingerprint density at radius 2 is 2.07 bits per heavy atom. The number of rotatable bonds is 6. The van der Waals surface area contributed by atoms with Crippen molar-refractivity contribution in [2.75, 3.05) is 13.6 Å². The van der Waals surface area contributed by atoms with E-state index >= 15 is 0 Å². The lowest BCUT2D eigenvalue weighted by molar-refractivity contribution is 0.128. The molecule has 0 amide bonds. The maximum Gasteiger partial charge on any atom is 0.123 e. The highest BCUT2D eigenvalue weighted by Crippen LogP contribution is 2.00. The van der Waals surface area contributed by atoms with E-state index in [1.54, 1.807) is 20.0 Å². The van der Waals surface area contributed by atoms with Gasteiger partial charge in [-0.3, -0.25) is 0 Å². The summed E-state index contributed by atoms with van der Waals surface area (Å²) in [5, 5.41) is 10.7. The largest absolute Gasteiger partial charge is 0.414 e. The fourth-order valence-corrected chi connectivity index (χ4v) is 0.840. The normalized spacial score (nSPS) is 12.6. The second kappa shape index (κ2) is 7.15. The van der Waals surface area contributed by atoms with Crippen LogP contribution in [0.25, 0.3) is 0 Å². The topological polar surface area (TPSA) is 57.1 Å². The smallest absolute Gasteiger partial charge is 0.123 e. The molecule has 80 valence electrons. The average Bonchev–Trinajstić information content (AvgIpc) is 2.14. The lowest BCUT2D eigenvalue weighted by Gasteiger charge is -2.04. The Morgan fingerprint density at radius 3 is 2.57 bits per heavy atom. The van der Waals surface area contributed by atoms with Crippen LogP contribution in [0.4, 0.5) is 0 Å². The highest BCUT2D eigenvalue weighted by Gasteiger charge is 1.97. The summed E-state index contributed by atoms with van der Waals surface area (Å²) in [6.07, 6.45) is 3.49. The van der Waals surface area contributed by atoms with Crippen molar-refractivity contribution in [2.24, 2.45) is 0 Å². The molecule has 0 radical (unpaired) electrons. The van der Waals surface area contributed by atoms with E-state index in [9.17, 15) is 0 Å². The lowest BCUT2D eigenvalue weighted by atomic mass is 10.2. The van der Waals surface area contributed by atoms with Crippen LogP contribution in [0.15, 0.2) is 23.6 Å². The van der Waals surface area contributed by atoms with Gasteiger partial charge in [0.25, 0.3) is 0 Å². The van der Waals surface area contributed by atoms with E-state index in [4.69, 9.17) is 10.2 Å². The van der Waals surface area contributed by atoms with Crippen molar-refractivity contribution in [2.45, 2.75) is 20.8 Å². The monoisotopic (exact) mass is 197 g/mol. The first-order valence-electron chi connectivity index (χ1n) is 4.62. The molecule has 0 spiro atoms. The van der Waals surface area contributed by atoms with Crippen LogP contribution in [0.3, 0.4) is 0 Å². The van der Waals surface area contributed by atoms with Gasteiger partial charge in [0, 0.05) is 25.9 Å². The maximum atomic E-state index is 7.69. The van der Waals surface area contributed by atoms with Gasteiger partial charge in [-0.25, -0.2) is 0 Å². The first kappa shape index (κ1) is 12.7. The summed E-state index contributed by atoms with van der Waals surface area (Å²) in [7, 11) is 1.68. The summed E-state index contributed by atoms with van der Waals surface area (Å²) >= 11 is 0. The molecule has 0 heterocycles. The van der Waals surface area contributed by atoms with Crippen molar-refractivity contribution in [3.63, 3.8) is 0 Å².